The number of benzene rings is 1. The van der Waals surface area contributed by atoms with Gasteiger partial charge in [0.2, 0.25) is 17.6 Å². The lowest BCUT2D eigenvalue weighted by molar-refractivity contribution is -0.428. The summed E-state index contributed by atoms with van der Waals surface area (Å²) in [6.45, 7) is 8.69. The van der Waals surface area contributed by atoms with Gasteiger partial charge < -0.3 is 15.4 Å². The average Bonchev–Trinajstić information content (AvgIpc) is 3.36. The molecule has 4 rings (SSSR count). The number of carbonyl (C=O) groups is 1. The molecule has 0 radical (unpaired) electrons. The molecule has 1 unspecified atom stereocenters. The van der Waals surface area contributed by atoms with Gasteiger partial charge in [0, 0.05) is 50.3 Å². The first-order chi connectivity index (χ1) is 18.9. The first-order valence-corrected chi connectivity index (χ1v) is 13.3. The number of nitrogens with zero attached hydrogens (tertiary/aromatic N) is 5. The van der Waals surface area contributed by atoms with Crippen molar-refractivity contribution in [3.63, 3.8) is 0 Å². The lowest BCUT2D eigenvalue weighted by atomic mass is 9.90. The topological polar surface area (TPSA) is 137 Å². The lowest BCUT2D eigenvalue weighted by Crippen LogP contribution is -2.19. The number of anilines is 2. The van der Waals surface area contributed by atoms with Gasteiger partial charge in [-0.05, 0) is 30.4 Å². The molecular formula is C28H35N7O4. The smallest absolute Gasteiger partial charge is 0.247 e. The molecule has 2 aromatic heterocycles. The van der Waals surface area contributed by atoms with Crippen molar-refractivity contribution in [1.29, 1.82) is 0 Å². The molecule has 39 heavy (non-hydrogen) atoms. The van der Waals surface area contributed by atoms with E-state index in [4.69, 9.17) is 9.72 Å². The van der Waals surface area contributed by atoms with Crippen molar-refractivity contribution in [3.05, 3.63) is 81.2 Å². The van der Waals surface area contributed by atoms with Crippen LogP contribution in [0, 0.1) is 16.0 Å². The Labute approximate surface area is 227 Å². The number of aromatic nitrogens is 4. The number of hydrogen-bond acceptors (Lipinski definition) is 9. The summed E-state index contributed by atoms with van der Waals surface area (Å²) in [4.78, 5) is 32.9. The molecule has 0 fully saturated rings. The van der Waals surface area contributed by atoms with Gasteiger partial charge in [-0.25, -0.2) is 0 Å². The van der Waals surface area contributed by atoms with E-state index in [1.807, 2.05) is 37.4 Å². The van der Waals surface area contributed by atoms with Crippen LogP contribution in [-0.4, -0.2) is 50.0 Å². The van der Waals surface area contributed by atoms with Crippen molar-refractivity contribution in [1.82, 2.24) is 19.6 Å². The SMILES string of the molecule is CCOCCCNc1nc(NCc2cccc(CC(=O)C3C=CC=C([N+](=O)[O-])C3)c2)n2ncc(C(C)C)c2n1. The summed E-state index contributed by atoms with van der Waals surface area (Å²) in [5.41, 5.74) is 3.67. The summed E-state index contributed by atoms with van der Waals surface area (Å²) in [6, 6.07) is 7.75. The summed E-state index contributed by atoms with van der Waals surface area (Å²) in [6.07, 6.45) is 7.77. The van der Waals surface area contributed by atoms with E-state index >= 15 is 0 Å². The van der Waals surface area contributed by atoms with E-state index in [1.54, 1.807) is 16.7 Å². The number of ketones is 1. The van der Waals surface area contributed by atoms with Crippen LogP contribution >= 0.6 is 0 Å². The fourth-order valence-electron chi connectivity index (χ4n) is 4.40. The Morgan fingerprint density at radius 3 is 2.85 bits per heavy atom. The van der Waals surface area contributed by atoms with Crippen LogP contribution in [0.1, 0.15) is 56.2 Å². The van der Waals surface area contributed by atoms with E-state index in [9.17, 15) is 14.9 Å². The molecule has 11 heteroatoms. The highest BCUT2D eigenvalue weighted by molar-refractivity contribution is 5.85. The molecule has 2 N–H and O–H groups in total. The number of nitrogens with one attached hydrogen (secondary N) is 2. The van der Waals surface area contributed by atoms with Crippen LogP contribution in [0.15, 0.2) is 54.4 Å². The predicted octanol–water partition coefficient (Wildman–Crippen LogP) is 4.55. The quantitative estimate of drug-likeness (QED) is 0.174. The molecule has 0 saturated heterocycles. The molecule has 0 amide bonds. The highest BCUT2D eigenvalue weighted by Crippen LogP contribution is 2.24. The summed E-state index contributed by atoms with van der Waals surface area (Å²) < 4.78 is 7.12. The molecule has 0 bridgehead atoms. The average molecular weight is 534 g/mol. The number of ether oxygens (including phenoxy) is 1. The van der Waals surface area contributed by atoms with Gasteiger partial charge >= 0.3 is 0 Å². The first kappa shape index (κ1) is 27.9. The first-order valence-electron chi connectivity index (χ1n) is 13.3. The van der Waals surface area contributed by atoms with E-state index in [1.165, 1.54) is 6.08 Å². The maximum Gasteiger partial charge on any atom is 0.247 e. The van der Waals surface area contributed by atoms with Gasteiger partial charge in [-0.1, -0.05) is 50.3 Å². The number of carbonyl (C=O) groups excluding carboxylic acids is 1. The Balaban J connectivity index is 1.45. The Morgan fingerprint density at radius 2 is 2.08 bits per heavy atom. The maximum atomic E-state index is 12.9. The second kappa shape index (κ2) is 13.1. The molecule has 0 spiro atoms. The van der Waals surface area contributed by atoms with Crippen molar-refractivity contribution < 1.29 is 14.5 Å². The van der Waals surface area contributed by atoms with Crippen LogP contribution in [0.3, 0.4) is 0 Å². The normalized spacial score (nSPS) is 15.0. The summed E-state index contributed by atoms with van der Waals surface area (Å²) in [5.74, 6) is 0.806. The third-order valence-electron chi connectivity index (χ3n) is 6.50. The second-order valence-electron chi connectivity index (χ2n) is 9.77. The zero-order valence-electron chi connectivity index (χ0n) is 22.6. The summed E-state index contributed by atoms with van der Waals surface area (Å²) >= 11 is 0. The highest BCUT2D eigenvalue weighted by Gasteiger charge is 2.25. The van der Waals surface area contributed by atoms with Crippen molar-refractivity contribution in [2.45, 2.75) is 52.5 Å². The van der Waals surface area contributed by atoms with Gasteiger partial charge in [0.05, 0.1) is 17.5 Å². The van der Waals surface area contributed by atoms with Crippen molar-refractivity contribution in [2.24, 2.45) is 5.92 Å². The number of rotatable bonds is 14. The minimum absolute atomic E-state index is 0.0425. The van der Waals surface area contributed by atoms with Crippen LogP contribution in [0.25, 0.3) is 5.65 Å². The molecule has 0 saturated carbocycles. The molecule has 11 nitrogen and oxygen atoms in total. The van der Waals surface area contributed by atoms with Gasteiger partial charge in [0.1, 0.15) is 5.78 Å². The van der Waals surface area contributed by atoms with Crippen LogP contribution < -0.4 is 10.6 Å². The Morgan fingerprint density at radius 1 is 1.26 bits per heavy atom. The van der Waals surface area contributed by atoms with Crippen molar-refractivity contribution >= 4 is 23.3 Å². The molecule has 0 aliphatic heterocycles. The molecule has 1 aliphatic carbocycles. The molecule has 1 aliphatic rings. The highest BCUT2D eigenvalue weighted by atomic mass is 16.6. The minimum atomic E-state index is -0.485. The fourth-order valence-corrected chi connectivity index (χ4v) is 4.40. The Bertz CT molecular complexity index is 1380. The minimum Gasteiger partial charge on any atom is -0.382 e. The molecule has 3 aromatic rings. The van der Waals surface area contributed by atoms with Gasteiger partial charge in [-0.3, -0.25) is 14.9 Å². The zero-order valence-corrected chi connectivity index (χ0v) is 22.6. The van der Waals surface area contributed by atoms with E-state index in [-0.39, 0.29) is 30.2 Å². The monoisotopic (exact) mass is 533 g/mol. The van der Waals surface area contributed by atoms with Gasteiger partial charge in [0.25, 0.3) is 0 Å². The van der Waals surface area contributed by atoms with Crippen molar-refractivity contribution in [3.8, 4) is 0 Å². The third kappa shape index (κ3) is 7.26. The number of Topliss-reactive ketones (excluding diaryl/α,β-unsaturated/α-hetero) is 1. The van der Waals surface area contributed by atoms with Gasteiger partial charge in [-0.2, -0.15) is 19.6 Å². The second-order valence-corrected chi connectivity index (χ2v) is 9.77. The predicted molar refractivity (Wildman–Crippen MR) is 149 cm³/mol. The number of hydrogen-bond donors (Lipinski definition) is 2. The molecule has 206 valence electrons. The van der Waals surface area contributed by atoms with Crippen molar-refractivity contribution in [2.75, 3.05) is 30.4 Å². The van der Waals surface area contributed by atoms with E-state index < -0.39 is 10.8 Å². The fraction of sp³-hybridized carbons (Fsp3) is 0.429. The summed E-state index contributed by atoms with van der Waals surface area (Å²) in [7, 11) is 0. The lowest BCUT2D eigenvalue weighted by Gasteiger charge is -2.14. The van der Waals surface area contributed by atoms with Gasteiger partial charge in [0.15, 0.2) is 5.65 Å². The molecule has 1 aromatic carbocycles. The summed E-state index contributed by atoms with van der Waals surface area (Å²) in [5, 5.41) is 22.3. The van der Waals surface area contributed by atoms with Crippen LogP contribution in [0.2, 0.25) is 0 Å². The van der Waals surface area contributed by atoms with Crippen LogP contribution in [0.4, 0.5) is 11.9 Å². The van der Waals surface area contributed by atoms with E-state index in [0.717, 1.165) is 28.8 Å². The Kier molecular flexibility index (Phi) is 9.37. The maximum absolute atomic E-state index is 12.9. The number of allylic oxidation sites excluding steroid dienone is 4. The van der Waals surface area contributed by atoms with Gasteiger partial charge in [-0.15, -0.1) is 0 Å². The molecule has 2 heterocycles. The molecular weight excluding hydrogens is 498 g/mol. The van der Waals surface area contributed by atoms with E-state index in [0.29, 0.717) is 38.2 Å². The largest absolute Gasteiger partial charge is 0.382 e. The molecule has 1 atom stereocenters. The Hall–Kier alpha value is -4.12. The zero-order chi connectivity index (χ0) is 27.8. The van der Waals surface area contributed by atoms with Crippen LogP contribution in [0.5, 0.6) is 0 Å². The van der Waals surface area contributed by atoms with E-state index in [2.05, 4.69) is 34.6 Å². The number of nitro groups is 1. The standard InChI is InChI=1S/C28H35N7O4/c1-4-39-13-7-12-29-27-32-26-24(19(2)3)18-31-34(26)28(33-27)30-17-21-9-5-8-20(14-21)15-25(36)22-10-6-11-23(16-22)35(37)38/h5-6,8-11,14,18-19,22H,4,7,12-13,15-17H2,1-3H3,(H2,29,30,32,33). The van der Waals surface area contributed by atoms with Crippen LogP contribution in [-0.2, 0) is 22.5 Å². The number of fused-ring (bicyclic) bond motifs is 1. The third-order valence-corrected chi connectivity index (χ3v) is 6.50.